The van der Waals surface area contributed by atoms with E-state index in [1.54, 1.807) is 11.6 Å². The zero-order valence-electron chi connectivity index (χ0n) is 12.8. The summed E-state index contributed by atoms with van der Waals surface area (Å²) >= 11 is 0. The number of aliphatic carboxylic acids is 1. The van der Waals surface area contributed by atoms with E-state index in [1.165, 1.54) is 6.07 Å². The van der Waals surface area contributed by atoms with Crippen LogP contribution in [0.3, 0.4) is 0 Å². The molecule has 1 aliphatic heterocycles. The van der Waals surface area contributed by atoms with Gasteiger partial charge in [0, 0.05) is 6.07 Å². The number of amides is 3. The highest BCUT2D eigenvalue weighted by Crippen LogP contribution is 2.13. The third-order valence-electron chi connectivity index (χ3n) is 2.54. The Morgan fingerprint density at radius 3 is 2.35 bits per heavy atom. The summed E-state index contributed by atoms with van der Waals surface area (Å²) in [6.45, 7) is 1.55. The van der Waals surface area contributed by atoms with E-state index in [0.29, 0.717) is 10.7 Å². The number of carbonyl (C=O) groups is 3. The number of β-lactam (4-membered cyclic amide) rings is 1. The minimum Gasteiger partial charge on any atom is -0.475 e. The molecule has 0 unspecified atom stereocenters. The predicted octanol–water partition coefficient (Wildman–Crippen LogP) is -0.848. The van der Waals surface area contributed by atoms with E-state index in [1.807, 2.05) is 4.72 Å². The molecule has 26 heavy (non-hydrogen) atoms. The molecule has 2 rings (SSSR count). The van der Waals surface area contributed by atoms with Crippen LogP contribution in [0, 0.1) is 6.92 Å². The number of carboxylic acids is 1. The molecular formula is C10H12F3N5O7S. The molecule has 0 bridgehead atoms. The number of hydrogen-bond donors (Lipinski definition) is 4. The van der Waals surface area contributed by atoms with Crippen LogP contribution in [-0.4, -0.2) is 60.3 Å². The molecule has 1 fully saturated rings. The maximum Gasteiger partial charge on any atom is 0.490 e. The van der Waals surface area contributed by atoms with Crippen LogP contribution in [0.25, 0.3) is 0 Å². The van der Waals surface area contributed by atoms with Gasteiger partial charge < -0.3 is 15.4 Å². The second kappa shape index (κ2) is 7.56. The number of rotatable bonds is 3. The standard InChI is InChI=1S/C8H11N5O5S.C2HF3O2/c1-4-2-6(10-18-4)11-19(16,17)12-8(15)13-3-5(9)7(13)14;3-2(4,5)1(6)7/h2,5H,3,9H2,1H3,(H,10,11)(H,12,15);(H,6,7)/t5-;/m0./s1. The number of carboxylic acid groups (broad SMARTS) is 1. The summed E-state index contributed by atoms with van der Waals surface area (Å²) in [7, 11) is -4.19. The van der Waals surface area contributed by atoms with Crippen molar-refractivity contribution in [2.45, 2.75) is 19.1 Å². The molecule has 1 aromatic heterocycles. The smallest absolute Gasteiger partial charge is 0.475 e. The average molecular weight is 403 g/mol. The van der Waals surface area contributed by atoms with E-state index in [9.17, 15) is 31.2 Å². The summed E-state index contributed by atoms with van der Waals surface area (Å²) in [5, 5.41) is 10.5. The summed E-state index contributed by atoms with van der Waals surface area (Å²) in [6, 6.07) is -0.506. The SMILES string of the molecule is Cc1cc(NS(=O)(=O)NC(=O)N2C[C@H](N)C2=O)no1.O=C(O)C(F)(F)F. The van der Waals surface area contributed by atoms with E-state index >= 15 is 0 Å². The second-order valence-electron chi connectivity index (χ2n) is 4.69. The van der Waals surface area contributed by atoms with Gasteiger partial charge in [-0.05, 0) is 6.92 Å². The number of urea groups is 1. The van der Waals surface area contributed by atoms with Gasteiger partial charge in [-0.1, -0.05) is 5.16 Å². The number of nitrogens with one attached hydrogen (secondary N) is 2. The van der Waals surface area contributed by atoms with Gasteiger partial charge in [-0.25, -0.2) is 19.0 Å². The fraction of sp³-hybridized carbons (Fsp3) is 0.400. The summed E-state index contributed by atoms with van der Waals surface area (Å²) < 4.78 is 63.1. The van der Waals surface area contributed by atoms with Crippen LogP contribution < -0.4 is 15.2 Å². The van der Waals surface area contributed by atoms with Crippen LogP contribution in [0.2, 0.25) is 0 Å². The third-order valence-corrected chi connectivity index (χ3v) is 3.46. The maximum atomic E-state index is 11.6. The Balaban J connectivity index is 0.000000412. The van der Waals surface area contributed by atoms with E-state index in [-0.39, 0.29) is 12.4 Å². The average Bonchev–Trinajstić information content (AvgIpc) is 2.87. The van der Waals surface area contributed by atoms with Crippen LogP contribution in [-0.2, 0) is 19.8 Å². The number of nitrogens with zero attached hydrogens (tertiary/aromatic N) is 2. The first kappa shape index (κ1) is 21.2. The van der Waals surface area contributed by atoms with Crippen molar-refractivity contribution in [2.24, 2.45) is 5.73 Å². The van der Waals surface area contributed by atoms with Crippen LogP contribution in [0.15, 0.2) is 10.6 Å². The topological polar surface area (TPSA) is 185 Å². The van der Waals surface area contributed by atoms with Gasteiger partial charge in [0.25, 0.3) is 0 Å². The summed E-state index contributed by atoms with van der Waals surface area (Å²) in [5.41, 5.74) is 5.28. The number of anilines is 1. The highest BCUT2D eigenvalue weighted by molar-refractivity contribution is 7.91. The molecule has 1 saturated heterocycles. The highest BCUT2D eigenvalue weighted by atomic mass is 32.2. The van der Waals surface area contributed by atoms with Gasteiger partial charge in [0.05, 0.1) is 6.54 Å². The number of aryl methyl sites for hydroxylation is 1. The molecular weight excluding hydrogens is 391 g/mol. The lowest BCUT2D eigenvalue weighted by molar-refractivity contribution is -0.192. The number of hydrogen-bond acceptors (Lipinski definition) is 8. The van der Waals surface area contributed by atoms with Gasteiger partial charge in [-0.2, -0.15) is 21.6 Å². The number of alkyl halides is 3. The van der Waals surface area contributed by atoms with Crippen molar-refractivity contribution in [1.82, 2.24) is 14.8 Å². The first-order chi connectivity index (χ1) is 11.7. The Hall–Kier alpha value is -2.88. The number of imide groups is 1. The monoisotopic (exact) mass is 403 g/mol. The lowest BCUT2D eigenvalue weighted by atomic mass is 10.1. The van der Waals surface area contributed by atoms with E-state index in [2.05, 4.69) is 9.68 Å². The number of nitrogens with two attached hydrogens (primary N) is 1. The Kier molecular flexibility index (Phi) is 6.16. The van der Waals surface area contributed by atoms with Crippen molar-refractivity contribution < 1.29 is 45.6 Å². The minimum atomic E-state index is -5.08. The third kappa shape index (κ3) is 5.88. The largest absolute Gasteiger partial charge is 0.490 e. The fourth-order valence-electron chi connectivity index (χ4n) is 1.38. The molecule has 0 aliphatic carbocycles. The van der Waals surface area contributed by atoms with Gasteiger partial charge in [0.2, 0.25) is 5.91 Å². The maximum absolute atomic E-state index is 11.6. The van der Waals surface area contributed by atoms with Gasteiger partial charge in [0.15, 0.2) is 5.82 Å². The zero-order chi connectivity index (χ0) is 20.3. The Morgan fingerprint density at radius 2 is 2.00 bits per heavy atom. The molecule has 12 nitrogen and oxygen atoms in total. The Labute approximate surface area is 143 Å². The van der Waals surface area contributed by atoms with Crippen molar-refractivity contribution in [2.75, 3.05) is 11.3 Å². The van der Waals surface area contributed by atoms with Crippen molar-refractivity contribution in [3.63, 3.8) is 0 Å². The Bertz CT molecular complexity index is 806. The van der Waals surface area contributed by atoms with Crippen LogP contribution in [0.5, 0.6) is 0 Å². The van der Waals surface area contributed by atoms with Gasteiger partial charge >= 0.3 is 28.4 Å². The molecule has 5 N–H and O–H groups in total. The molecule has 1 aromatic rings. The number of halogens is 3. The first-order valence-corrected chi connectivity index (χ1v) is 7.86. The van der Waals surface area contributed by atoms with E-state index < -0.39 is 40.3 Å². The highest BCUT2D eigenvalue weighted by Gasteiger charge is 2.39. The van der Waals surface area contributed by atoms with E-state index in [0.717, 1.165) is 0 Å². The lowest BCUT2D eigenvalue weighted by Gasteiger charge is -2.33. The van der Waals surface area contributed by atoms with Crippen molar-refractivity contribution >= 4 is 33.9 Å². The van der Waals surface area contributed by atoms with Crippen molar-refractivity contribution in [1.29, 1.82) is 0 Å². The summed E-state index contributed by atoms with van der Waals surface area (Å²) in [5.74, 6) is -3.07. The summed E-state index contributed by atoms with van der Waals surface area (Å²) in [4.78, 5) is 32.2. The first-order valence-electron chi connectivity index (χ1n) is 6.38. The van der Waals surface area contributed by atoms with Crippen LogP contribution in [0.1, 0.15) is 5.76 Å². The molecule has 1 atom stereocenters. The molecule has 146 valence electrons. The summed E-state index contributed by atoms with van der Waals surface area (Å²) in [6.07, 6.45) is -5.08. The number of carbonyl (C=O) groups excluding carboxylic acids is 2. The molecule has 1 aliphatic rings. The molecule has 0 radical (unpaired) electrons. The number of aromatic nitrogens is 1. The normalized spacial score (nSPS) is 16.9. The van der Waals surface area contributed by atoms with E-state index in [4.69, 9.17) is 15.6 Å². The van der Waals surface area contributed by atoms with Crippen molar-refractivity contribution in [3.05, 3.63) is 11.8 Å². The zero-order valence-corrected chi connectivity index (χ0v) is 13.6. The van der Waals surface area contributed by atoms with Crippen molar-refractivity contribution in [3.8, 4) is 0 Å². The molecule has 16 heteroatoms. The fourth-order valence-corrected chi connectivity index (χ4v) is 2.15. The molecule has 0 aromatic carbocycles. The minimum absolute atomic E-state index is 0.0245. The van der Waals surface area contributed by atoms with Crippen LogP contribution >= 0.6 is 0 Å². The lowest BCUT2D eigenvalue weighted by Crippen LogP contribution is -2.65. The predicted molar refractivity (Wildman–Crippen MR) is 75.7 cm³/mol. The molecule has 0 spiro atoms. The molecule has 0 saturated carbocycles. The van der Waals surface area contributed by atoms with Crippen LogP contribution in [0.4, 0.5) is 23.8 Å². The number of likely N-dealkylation sites (tertiary alicyclic amines) is 1. The second-order valence-corrected chi connectivity index (χ2v) is 6.11. The van der Waals surface area contributed by atoms with Gasteiger partial charge in [0.1, 0.15) is 11.8 Å². The Morgan fingerprint density at radius 1 is 1.46 bits per heavy atom. The van der Waals surface area contributed by atoms with Gasteiger partial charge in [-0.3, -0.25) is 9.69 Å². The quantitative estimate of drug-likeness (QED) is 0.467. The molecule has 2 heterocycles. The van der Waals surface area contributed by atoms with Gasteiger partial charge in [-0.15, -0.1) is 0 Å². The molecule has 3 amide bonds.